The number of aromatic hydroxyl groups is 1. The Morgan fingerprint density at radius 3 is 2.51 bits per heavy atom. The molecule has 5 rings (SSSR count). The largest absolute Gasteiger partial charge is 0.508 e. The number of carbonyl (C=O) groups is 3. The van der Waals surface area contributed by atoms with Crippen molar-refractivity contribution in [2.45, 2.75) is 38.3 Å². The van der Waals surface area contributed by atoms with Gasteiger partial charge in [-0.2, -0.15) is 0 Å². The number of amides is 2. The first kappa shape index (κ1) is 24.5. The lowest BCUT2D eigenvalue weighted by Gasteiger charge is -2.29. The van der Waals surface area contributed by atoms with E-state index in [9.17, 15) is 19.5 Å². The second-order valence-corrected chi connectivity index (χ2v) is 9.60. The molecular weight excluding hydrogens is 470 g/mol. The molecule has 0 bridgehead atoms. The van der Waals surface area contributed by atoms with Crippen molar-refractivity contribution in [3.63, 3.8) is 0 Å². The summed E-state index contributed by atoms with van der Waals surface area (Å²) in [5.41, 5.74) is 3.16. The first-order valence-electron chi connectivity index (χ1n) is 12.4. The van der Waals surface area contributed by atoms with Crippen molar-refractivity contribution in [2.24, 2.45) is 5.92 Å². The molecule has 3 atom stereocenters. The van der Waals surface area contributed by atoms with Crippen LogP contribution in [0.15, 0.2) is 66.7 Å². The number of ether oxygens (including phenoxy) is 1. The lowest BCUT2D eigenvalue weighted by atomic mass is 9.79. The van der Waals surface area contributed by atoms with E-state index in [2.05, 4.69) is 16.0 Å². The van der Waals surface area contributed by atoms with Crippen LogP contribution in [-0.4, -0.2) is 35.5 Å². The van der Waals surface area contributed by atoms with Gasteiger partial charge in [-0.25, -0.2) is 4.79 Å². The third-order valence-corrected chi connectivity index (χ3v) is 7.08. The number of aryl methyl sites for hydroxylation is 1. The van der Waals surface area contributed by atoms with Gasteiger partial charge in [-0.1, -0.05) is 29.8 Å². The summed E-state index contributed by atoms with van der Waals surface area (Å²) >= 11 is 0. The molecule has 2 amide bonds. The van der Waals surface area contributed by atoms with Crippen molar-refractivity contribution in [2.75, 3.05) is 17.2 Å². The fourth-order valence-electron chi connectivity index (χ4n) is 5.36. The molecule has 1 fully saturated rings. The highest BCUT2D eigenvalue weighted by molar-refractivity contribution is 6.10. The Kier molecular flexibility index (Phi) is 6.43. The molecule has 0 saturated carbocycles. The summed E-state index contributed by atoms with van der Waals surface area (Å²) < 4.78 is 5.02. The zero-order valence-electron chi connectivity index (χ0n) is 20.7. The van der Waals surface area contributed by atoms with E-state index >= 15 is 0 Å². The van der Waals surface area contributed by atoms with Crippen LogP contribution in [-0.2, 0) is 26.3 Å². The fourth-order valence-corrected chi connectivity index (χ4v) is 5.36. The monoisotopic (exact) mass is 499 g/mol. The van der Waals surface area contributed by atoms with Crippen molar-refractivity contribution >= 4 is 29.2 Å². The smallest absolute Gasteiger partial charge is 0.338 e. The predicted molar refractivity (Wildman–Crippen MR) is 139 cm³/mol. The lowest BCUT2D eigenvalue weighted by molar-refractivity contribution is -0.130. The van der Waals surface area contributed by atoms with Gasteiger partial charge in [0.15, 0.2) is 0 Å². The van der Waals surface area contributed by atoms with Crippen LogP contribution in [0.4, 0.5) is 11.4 Å². The summed E-state index contributed by atoms with van der Waals surface area (Å²) in [6.45, 7) is 3.98. The number of hydrogen-bond donors (Lipinski definition) is 4. The number of esters is 1. The summed E-state index contributed by atoms with van der Waals surface area (Å²) in [5.74, 6) is -1.45. The van der Waals surface area contributed by atoms with Crippen LogP contribution in [0, 0.1) is 12.8 Å². The predicted octanol–water partition coefficient (Wildman–Crippen LogP) is 3.88. The average Bonchev–Trinajstić information content (AvgIpc) is 3.39. The average molecular weight is 500 g/mol. The second-order valence-electron chi connectivity index (χ2n) is 9.60. The Morgan fingerprint density at radius 1 is 1.08 bits per heavy atom. The highest BCUT2D eigenvalue weighted by atomic mass is 16.5. The fraction of sp³-hybridized carbons (Fsp3) is 0.276. The number of benzene rings is 3. The molecule has 0 radical (unpaired) electrons. The number of nitrogens with one attached hydrogen (secondary N) is 3. The molecule has 2 aliphatic rings. The van der Waals surface area contributed by atoms with E-state index in [1.165, 1.54) is 0 Å². The van der Waals surface area contributed by atoms with Gasteiger partial charge in [0, 0.05) is 23.0 Å². The van der Waals surface area contributed by atoms with Crippen molar-refractivity contribution < 1.29 is 24.2 Å². The number of rotatable bonds is 6. The normalized spacial score (nSPS) is 21.9. The zero-order valence-corrected chi connectivity index (χ0v) is 20.7. The van der Waals surface area contributed by atoms with Crippen LogP contribution in [0.2, 0.25) is 0 Å². The van der Waals surface area contributed by atoms with Crippen molar-refractivity contribution in [3.05, 3.63) is 89.0 Å². The van der Waals surface area contributed by atoms with Gasteiger partial charge in [0.05, 0.1) is 18.1 Å². The first-order valence-corrected chi connectivity index (χ1v) is 12.4. The summed E-state index contributed by atoms with van der Waals surface area (Å²) in [4.78, 5) is 39.2. The number of hydrogen-bond acceptors (Lipinski definition) is 6. The van der Waals surface area contributed by atoms with Crippen molar-refractivity contribution in [1.82, 2.24) is 5.32 Å². The second kappa shape index (κ2) is 9.71. The molecule has 0 aromatic heterocycles. The molecule has 2 aliphatic heterocycles. The van der Waals surface area contributed by atoms with Gasteiger partial charge >= 0.3 is 5.97 Å². The summed E-state index contributed by atoms with van der Waals surface area (Å²) in [7, 11) is 0. The van der Waals surface area contributed by atoms with E-state index in [0.717, 1.165) is 16.7 Å². The first-order chi connectivity index (χ1) is 17.8. The van der Waals surface area contributed by atoms with Crippen LogP contribution in [0.3, 0.4) is 0 Å². The maximum Gasteiger partial charge on any atom is 0.338 e. The molecule has 190 valence electrons. The number of anilines is 2. The summed E-state index contributed by atoms with van der Waals surface area (Å²) in [6, 6.07) is 19.1. The highest BCUT2D eigenvalue weighted by Gasteiger charge is 2.60. The number of phenols is 1. The summed E-state index contributed by atoms with van der Waals surface area (Å²) in [6.07, 6.45) is 1.03. The van der Waals surface area contributed by atoms with Crippen LogP contribution in [0.25, 0.3) is 0 Å². The van der Waals surface area contributed by atoms with E-state index in [1.54, 1.807) is 43.3 Å². The topological polar surface area (TPSA) is 117 Å². The number of phenolic OH excluding ortho intramolecular Hbond substituents is 1. The van der Waals surface area contributed by atoms with Gasteiger partial charge in [-0.3, -0.25) is 14.9 Å². The Balaban J connectivity index is 1.44. The minimum absolute atomic E-state index is 0.149. The van der Waals surface area contributed by atoms with Crippen LogP contribution in [0.1, 0.15) is 40.4 Å². The molecular formula is C29H29N3O5. The Hall–Kier alpha value is -4.17. The summed E-state index contributed by atoms with van der Waals surface area (Å²) in [5, 5.41) is 19.1. The number of carbonyl (C=O) groups excluding carboxylic acids is 3. The molecule has 1 saturated heterocycles. The molecule has 0 unspecified atom stereocenters. The van der Waals surface area contributed by atoms with Gasteiger partial charge in [0.2, 0.25) is 11.8 Å². The maximum absolute atomic E-state index is 13.7. The minimum atomic E-state index is -1.21. The Labute approximate surface area is 215 Å². The molecule has 3 aromatic carbocycles. The minimum Gasteiger partial charge on any atom is -0.508 e. The molecule has 2 heterocycles. The molecule has 1 spiro atoms. The quantitative estimate of drug-likeness (QED) is 0.383. The molecule has 8 nitrogen and oxygen atoms in total. The van der Waals surface area contributed by atoms with Crippen LogP contribution in [0.5, 0.6) is 5.75 Å². The van der Waals surface area contributed by atoms with Gasteiger partial charge in [-0.15, -0.1) is 0 Å². The molecule has 37 heavy (non-hydrogen) atoms. The lowest BCUT2D eigenvalue weighted by Crippen LogP contribution is -2.52. The third-order valence-electron chi connectivity index (χ3n) is 7.08. The standard InChI is InChI=1S/C29H29N3O5/c1-3-37-27(35)19-7-9-20(10-8-19)30-26(34)24-16-21(15-18-5-11-22(33)12-6-18)32-29(24)23-14-17(2)4-13-25(23)31-28(29)36/h4-14,21,24,32-33H,3,15-16H2,1-2H3,(H,30,34)(H,31,36)/t21-,24-,29+/m0/s1. The third kappa shape index (κ3) is 4.56. The SMILES string of the molecule is CCOC(=O)c1ccc(NC(=O)[C@@H]2C[C@H](Cc3ccc(O)cc3)N[C@@]23C(=O)Nc2ccc(C)cc23)cc1. The van der Waals surface area contributed by atoms with Crippen LogP contribution < -0.4 is 16.0 Å². The van der Waals surface area contributed by atoms with Gasteiger partial charge in [0.25, 0.3) is 0 Å². The molecule has 0 aliphatic carbocycles. The molecule has 3 aromatic rings. The van der Waals surface area contributed by atoms with E-state index in [-0.39, 0.29) is 30.2 Å². The van der Waals surface area contributed by atoms with Gasteiger partial charge < -0.3 is 20.5 Å². The van der Waals surface area contributed by atoms with Crippen LogP contribution >= 0.6 is 0 Å². The Bertz CT molecular complexity index is 1350. The highest BCUT2D eigenvalue weighted by Crippen LogP contribution is 2.48. The van der Waals surface area contributed by atoms with Crippen molar-refractivity contribution in [3.8, 4) is 5.75 Å². The number of fused-ring (bicyclic) bond motifs is 2. The van der Waals surface area contributed by atoms with Gasteiger partial charge in [-0.05, 0) is 74.7 Å². The van der Waals surface area contributed by atoms with E-state index in [0.29, 0.717) is 29.8 Å². The van der Waals surface area contributed by atoms with E-state index < -0.39 is 17.4 Å². The van der Waals surface area contributed by atoms with E-state index in [4.69, 9.17) is 4.74 Å². The van der Waals surface area contributed by atoms with Gasteiger partial charge in [0.1, 0.15) is 11.3 Å². The Morgan fingerprint density at radius 2 is 1.81 bits per heavy atom. The zero-order chi connectivity index (χ0) is 26.2. The van der Waals surface area contributed by atoms with Crippen molar-refractivity contribution in [1.29, 1.82) is 0 Å². The molecule has 4 N–H and O–H groups in total. The van der Waals surface area contributed by atoms with E-state index in [1.807, 2.05) is 37.3 Å². The maximum atomic E-state index is 13.7. The molecule has 8 heteroatoms.